The maximum absolute atomic E-state index is 11.2. The summed E-state index contributed by atoms with van der Waals surface area (Å²) in [6.45, 7) is 12.6. The molecule has 0 fully saturated rings. The van der Waals surface area contributed by atoms with Crippen LogP contribution in [0.15, 0.2) is 0 Å². The summed E-state index contributed by atoms with van der Waals surface area (Å²) in [5.74, 6) is 0.149. The molecule has 0 aromatic rings. The largest absolute Gasteiger partial charge is 0.355 e. The van der Waals surface area contributed by atoms with Gasteiger partial charge in [0.1, 0.15) is 0 Å². The van der Waals surface area contributed by atoms with Gasteiger partial charge in [0.15, 0.2) is 0 Å². The summed E-state index contributed by atoms with van der Waals surface area (Å²) >= 11 is 0. The third-order valence-electron chi connectivity index (χ3n) is 2.79. The number of rotatable bonds is 15. The molecule has 0 aliphatic carbocycles. The average Bonchev–Trinajstić information content (AvgIpc) is 2.44. The SMILES string of the molecule is CCCC(=O)NCCNCCNCCNCCNCC. The third kappa shape index (κ3) is 15.4. The van der Waals surface area contributed by atoms with Gasteiger partial charge in [0.2, 0.25) is 5.91 Å². The average molecular weight is 287 g/mol. The highest BCUT2D eigenvalue weighted by Gasteiger charge is 1.96. The number of hydrogen-bond donors (Lipinski definition) is 5. The lowest BCUT2D eigenvalue weighted by atomic mass is 10.3. The van der Waals surface area contributed by atoms with Crippen molar-refractivity contribution in [3.05, 3.63) is 0 Å². The van der Waals surface area contributed by atoms with Crippen LogP contribution in [-0.4, -0.2) is 64.8 Å². The molecule has 0 aromatic carbocycles. The van der Waals surface area contributed by atoms with Crippen LogP contribution in [0.3, 0.4) is 0 Å². The fourth-order valence-corrected chi connectivity index (χ4v) is 1.69. The molecule has 0 spiro atoms. The highest BCUT2D eigenvalue weighted by Crippen LogP contribution is 1.83. The smallest absolute Gasteiger partial charge is 0.220 e. The summed E-state index contributed by atoms with van der Waals surface area (Å²) in [5.41, 5.74) is 0. The minimum atomic E-state index is 0.149. The standard InChI is InChI=1S/C14H33N5O/c1-3-5-14(20)19-13-12-18-11-10-17-9-8-16-7-6-15-4-2/h15-18H,3-13H2,1-2H3,(H,19,20). The molecule has 5 N–H and O–H groups in total. The first-order valence-electron chi connectivity index (χ1n) is 7.90. The van der Waals surface area contributed by atoms with Crippen molar-refractivity contribution in [1.29, 1.82) is 0 Å². The predicted octanol–water partition coefficient (Wildman–Crippen LogP) is -0.719. The van der Waals surface area contributed by atoms with Gasteiger partial charge in [-0.05, 0) is 13.0 Å². The third-order valence-corrected chi connectivity index (χ3v) is 2.79. The highest BCUT2D eigenvalue weighted by atomic mass is 16.1. The molecule has 0 bridgehead atoms. The molecular weight excluding hydrogens is 254 g/mol. The van der Waals surface area contributed by atoms with Crippen molar-refractivity contribution in [2.24, 2.45) is 0 Å². The minimum absolute atomic E-state index is 0.149. The molecule has 0 aliphatic heterocycles. The van der Waals surface area contributed by atoms with Gasteiger partial charge < -0.3 is 26.6 Å². The molecule has 0 atom stereocenters. The number of likely N-dealkylation sites (N-methyl/N-ethyl adjacent to an activating group) is 1. The zero-order chi connectivity index (χ0) is 14.9. The predicted molar refractivity (Wildman–Crippen MR) is 85.1 cm³/mol. The van der Waals surface area contributed by atoms with E-state index in [2.05, 4.69) is 33.5 Å². The Morgan fingerprint density at radius 3 is 1.60 bits per heavy atom. The van der Waals surface area contributed by atoms with Crippen molar-refractivity contribution in [3.8, 4) is 0 Å². The van der Waals surface area contributed by atoms with E-state index in [1.807, 2.05) is 6.92 Å². The van der Waals surface area contributed by atoms with E-state index < -0.39 is 0 Å². The number of hydrogen-bond acceptors (Lipinski definition) is 5. The van der Waals surface area contributed by atoms with Gasteiger partial charge in [-0.1, -0.05) is 13.8 Å². The first-order chi connectivity index (χ1) is 9.81. The van der Waals surface area contributed by atoms with Gasteiger partial charge in [0.05, 0.1) is 0 Å². The van der Waals surface area contributed by atoms with E-state index in [0.29, 0.717) is 13.0 Å². The van der Waals surface area contributed by atoms with E-state index in [1.54, 1.807) is 0 Å². The van der Waals surface area contributed by atoms with Crippen molar-refractivity contribution in [2.45, 2.75) is 26.7 Å². The number of amides is 1. The second-order valence-corrected chi connectivity index (χ2v) is 4.70. The highest BCUT2D eigenvalue weighted by molar-refractivity contribution is 5.75. The summed E-state index contributed by atoms with van der Waals surface area (Å²) in [4.78, 5) is 11.2. The molecule has 0 aliphatic rings. The van der Waals surface area contributed by atoms with Gasteiger partial charge in [0.25, 0.3) is 0 Å². The Balaban J connectivity index is 3.01. The van der Waals surface area contributed by atoms with E-state index in [1.165, 1.54) is 0 Å². The van der Waals surface area contributed by atoms with Crippen molar-refractivity contribution in [2.75, 3.05) is 58.9 Å². The van der Waals surface area contributed by atoms with Crippen molar-refractivity contribution >= 4 is 5.91 Å². The van der Waals surface area contributed by atoms with E-state index in [9.17, 15) is 4.79 Å². The molecule has 0 aromatic heterocycles. The Kier molecular flexibility index (Phi) is 15.8. The Bertz CT molecular complexity index is 214. The summed E-state index contributed by atoms with van der Waals surface area (Å²) in [6.07, 6.45) is 1.54. The van der Waals surface area contributed by atoms with Gasteiger partial charge >= 0.3 is 0 Å². The summed E-state index contributed by atoms with van der Waals surface area (Å²) in [6, 6.07) is 0. The molecule has 0 radical (unpaired) electrons. The monoisotopic (exact) mass is 287 g/mol. The topological polar surface area (TPSA) is 77.2 Å². The Hall–Kier alpha value is -0.690. The summed E-state index contributed by atoms with van der Waals surface area (Å²) in [7, 11) is 0. The van der Waals surface area contributed by atoms with Crippen molar-refractivity contribution in [1.82, 2.24) is 26.6 Å². The second kappa shape index (κ2) is 16.4. The fraction of sp³-hybridized carbons (Fsp3) is 0.929. The van der Waals surface area contributed by atoms with Gasteiger partial charge in [0, 0.05) is 58.8 Å². The lowest BCUT2D eigenvalue weighted by Crippen LogP contribution is -2.37. The molecule has 1 amide bonds. The zero-order valence-corrected chi connectivity index (χ0v) is 13.2. The lowest BCUT2D eigenvalue weighted by molar-refractivity contribution is -0.121. The van der Waals surface area contributed by atoms with Crippen LogP contribution in [0.1, 0.15) is 26.7 Å². The fourth-order valence-electron chi connectivity index (χ4n) is 1.69. The van der Waals surface area contributed by atoms with Crippen LogP contribution < -0.4 is 26.6 Å². The number of carbonyl (C=O) groups is 1. The maximum atomic E-state index is 11.2. The maximum Gasteiger partial charge on any atom is 0.220 e. The molecule has 0 unspecified atom stereocenters. The van der Waals surface area contributed by atoms with Crippen LogP contribution in [0.5, 0.6) is 0 Å². The first-order valence-corrected chi connectivity index (χ1v) is 7.90. The molecular formula is C14H33N5O. The van der Waals surface area contributed by atoms with Crippen LogP contribution in [0.4, 0.5) is 0 Å². The second-order valence-electron chi connectivity index (χ2n) is 4.70. The molecule has 6 nitrogen and oxygen atoms in total. The van der Waals surface area contributed by atoms with Gasteiger partial charge in [-0.25, -0.2) is 0 Å². The van der Waals surface area contributed by atoms with Crippen LogP contribution in [0, 0.1) is 0 Å². The first kappa shape index (κ1) is 19.3. The van der Waals surface area contributed by atoms with Crippen LogP contribution in [-0.2, 0) is 4.79 Å². The molecule has 0 saturated heterocycles. The summed E-state index contributed by atoms with van der Waals surface area (Å²) in [5, 5.41) is 16.2. The summed E-state index contributed by atoms with van der Waals surface area (Å²) < 4.78 is 0. The van der Waals surface area contributed by atoms with Crippen LogP contribution in [0.2, 0.25) is 0 Å². The molecule has 20 heavy (non-hydrogen) atoms. The van der Waals surface area contributed by atoms with Crippen molar-refractivity contribution in [3.63, 3.8) is 0 Å². The van der Waals surface area contributed by atoms with E-state index >= 15 is 0 Å². The zero-order valence-electron chi connectivity index (χ0n) is 13.2. The quantitative estimate of drug-likeness (QED) is 0.257. The molecule has 6 heteroatoms. The van der Waals surface area contributed by atoms with E-state index in [0.717, 1.165) is 58.8 Å². The molecule has 0 rings (SSSR count). The molecule has 120 valence electrons. The molecule has 0 heterocycles. The molecule has 0 saturated carbocycles. The Morgan fingerprint density at radius 1 is 0.700 bits per heavy atom. The Morgan fingerprint density at radius 2 is 1.15 bits per heavy atom. The van der Waals surface area contributed by atoms with Gasteiger partial charge in [-0.2, -0.15) is 0 Å². The minimum Gasteiger partial charge on any atom is -0.355 e. The van der Waals surface area contributed by atoms with Gasteiger partial charge in [-0.3, -0.25) is 4.79 Å². The van der Waals surface area contributed by atoms with Crippen LogP contribution in [0.25, 0.3) is 0 Å². The van der Waals surface area contributed by atoms with Gasteiger partial charge in [-0.15, -0.1) is 0 Å². The number of carbonyl (C=O) groups excluding carboxylic acids is 1. The van der Waals surface area contributed by atoms with E-state index in [4.69, 9.17) is 0 Å². The number of nitrogens with one attached hydrogen (secondary N) is 5. The van der Waals surface area contributed by atoms with Crippen LogP contribution >= 0.6 is 0 Å². The van der Waals surface area contributed by atoms with Crippen molar-refractivity contribution < 1.29 is 4.79 Å². The van der Waals surface area contributed by atoms with E-state index in [-0.39, 0.29) is 5.91 Å². The Labute approximate surface area is 123 Å². The lowest BCUT2D eigenvalue weighted by Gasteiger charge is -2.08. The normalized spacial score (nSPS) is 10.7.